The lowest BCUT2D eigenvalue weighted by molar-refractivity contribution is -0.142. The molecule has 4 N–H and O–H groups in total. The number of carboxylic acid groups (broad SMARTS) is 1. The van der Waals surface area contributed by atoms with Crippen LogP contribution < -0.4 is 11.1 Å². The minimum Gasteiger partial charge on any atom is -0.480 e. The Kier molecular flexibility index (Phi) is 2.93. The van der Waals surface area contributed by atoms with Crippen molar-refractivity contribution in [1.82, 2.24) is 5.32 Å². The quantitative estimate of drug-likeness (QED) is 0.674. The molecule has 1 aliphatic carbocycles. The van der Waals surface area contributed by atoms with Crippen molar-refractivity contribution >= 4 is 5.97 Å². The highest BCUT2D eigenvalue weighted by Crippen LogP contribution is 2.36. The molecule has 2 rings (SSSR count). The first-order valence-electron chi connectivity index (χ1n) is 5.98. The summed E-state index contributed by atoms with van der Waals surface area (Å²) in [5.41, 5.74) is 5.85. The van der Waals surface area contributed by atoms with Gasteiger partial charge in [0, 0.05) is 12.0 Å². The number of hydrogen-bond acceptors (Lipinski definition) is 3. The molecule has 4 nitrogen and oxygen atoms in total. The Morgan fingerprint density at radius 2 is 2.31 bits per heavy atom. The van der Waals surface area contributed by atoms with Gasteiger partial charge in [0.1, 0.15) is 5.54 Å². The van der Waals surface area contributed by atoms with Gasteiger partial charge in [0.15, 0.2) is 0 Å². The third kappa shape index (κ3) is 2.07. The van der Waals surface area contributed by atoms with Crippen molar-refractivity contribution < 1.29 is 9.90 Å². The molecule has 1 saturated carbocycles. The highest BCUT2D eigenvalue weighted by molar-refractivity contribution is 5.78. The summed E-state index contributed by atoms with van der Waals surface area (Å²) in [5, 5.41) is 12.4. The predicted molar refractivity (Wildman–Crippen MR) is 61.8 cm³/mol. The van der Waals surface area contributed by atoms with Crippen LogP contribution in [0.2, 0.25) is 0 Å². The average Bonchev–Trinajstić information content (AvgIpc) is 2.61. The summed E-state index contributed by atoms with van der Waals surface area (Å²) >= 11 is 0. The van der Waals surface area contributed by atoms with Crippen LogP contribution in [0.15, 0.2) is 11.8 Å². The second-order valence-corrected chi connectivity index (χ2v) is 5.28. The summed E-state index contributed by atoms with van der Waals surface area (Å²) < 4.78 is 0. The first kappa shape index (κ1) is 11.5. The number of rotatable bonds is 3. The zero-order valence-electron chi connectivity index (χ0n) is 9.70. The maximum atomic E-state index is 11.0. The first-order chi connectivity index (χ1) is 7.50. The number of carboxylic acids is 1. The molecule has 1 heterocycles. The van der Waals surface area contributed by atoms with E-state index in [1.165, 1.54) is 31.3 Å². The van der Waals surface area contributed by atoms with Gasteiger partial charge in [0.05, 0.1) is 0 Å². The van der Waals surface area contributed by atoms with Gasteiger partial charge < -0.3 is 16.2 Å². The van der Waals surface area contributed by atoms with Crippen molar-refractivity contribution in [3.05, 3.63) is 11.8 Å². The third-order valence-corrected chi connectivity index (χ3v) is 3.78. The number of carbonyl (C=O) groups is 1. The third-order valence-electron chi connectivity index (χ3n) is 3.78. The van der Waals surface area contributed by atoms with E-state index in [2.05, 4.69) is 5.32 Å². The zero-order valence-corrected chi connectivity index (χ0v) is 9.70. The monoisotopic (exact) mass is 224 g/mol. The average molecular weight is 224 g/mol. The number of fused-ring (bicyclic) bond motifs is 1. The molecule has 90 valence electrons. The van der Waals surface area contributed by atoms with E-state index in [0.717, 1.165) is 0 Å². The normalized spacial score (nSPS) is 32.2. The van der Waals surface area contributed by atoms with Gasteiger partial charge >= 0.3 is 5.97 Å². The Bertz CT molecular complexity index is 323. The molecule has 0 amide bonds. The molecule has 0 spiro atoms. The summed E-state index contributed by atoms with van der Waals surface area (Å²) in [4.78, 5) is 11.0. The highest BCUT2D eigenvalue weighted by Gasteiger charge is 2.37. The van der Waals surface area contributed by atoms with Crippen LogP contribution >= 0.6 is 0 Å². The van der Waals surface area contributed by atoms with E-state index in [1.54, 1.807) is 6.92 Å². The smallest absolute Gasteiger partial charge is 0.323 e. The second kappa shape index (κ2) is 4.09. The number of aliphatic carboxylic acids is 1. The molecular formula is C12H20N2O2. The summed E-state index contributed by atoms with van der Waals surface area (Å²) in [6.07, 6.45) is 7.33. The lowest BCUT2D eigenvalue weighted by atomic mass is 9.78. The summed E-state index contributed by atoms with van der Waals surface area (Å²) in [6, 6.07) is 0.522. The van der Waals surface area contributed by atoms with Gasteiger partial charge in [-0.05, 0) is 38.0 Å². The van der Waals surface area contributed by atoms with E-state index in [9.17, 15) is 4.79 Å². The van der Waals surface area contributed by atoms with Crippen LogP contribution in [0.5, 0.6) is 0 Å². The Hall–Kier alpha value is -1.03. The number of nitrogens with one attached hydrogen (secondary N) is 1. The fourth-order valence-corrected chi connectivity index (χ4v) is 2.78. The standard InChI is InChI=1S/C12H20N2O2/c1-12(13,11(15)16)6-8-7-14-10-5-3-2-4-9(8)10/h7,9-10,14H,2-6,13H2,1H3,(H,15,16). The van der Waals surface area contributed by atoms with Gasteiger partial charge in [-0.25, -0.2) is 0 Å². The number of hydrogen-bond donors (Lipinski definition) is 3. The van der Waals surface area contributed by atoms with Gasteiger partial charge in [-0.3, -0.25) is 4.79 Å². The summed E-state index contributed by atoms with van der Waals surface area (Å²) in [6.45, 7) is 1.59. The van der Waals surface area contributed by atoms with Crippen LogP contribution in [-0.4, -0.2) is 22.7 Å². The van der Waals surface area contributed by atoms with Crippen LogP contribution in [-0.2, 0) is 4.79 Å². The van der Waals surface area contributed by atoms with Crippen molar-refractivity contribution in [3.63, 3.8) is 0 Å². The largest absolute Gasteiger partial charge is 0.480 e. The molecule has 16 heavy (non-hydrogen) atoms. The Balaban J connectivity index is 2.03. The molecule has 0 radical (unpaired) electrons. The van der Waals surface area contributed by atoms with E-state index in [0.29, 0.717) is 18.4 Å². The molecule has 1 aliphatic heterocycles. The zero-order chi connectivity index (χ0) is 11.8. The molecule has 0 bridgehead atoms. The van der Waals surface area contributed by atoms with E-state index in [4.69, 9.17) is 10.8 Å². The second-order valence-electron chi connectivity index (χ2n) is 5.28. The number of nitrogens with two attached hydrogens (primary N) is 1. The molecule has 4 heteroatoms. The van der Waals surface area contributed by atoms with E-state index >= 15 is 0 Å². The van der Waals surface area contributed by atoms with Crippen LogP contribution in [0.4, 0.5) is 0 Å². The topological polar surface area (TPSA) is 75.3 Å². The van der Waals surface area contributed by atoms with Crippen molar-refractivity contribution in [2.24, 2.45) is 11.7 Å². The first-order valence-corrected chi connectivity index (χ1v) is 5.98. The molecule has 0 aromatic heterocycles. The van der Waals surface area contributed by atoms with Crippen LogP contribution in [0.1, 0.15) is 39.0 Å². The summed E-state index contributed by atoms with van der Waals surface area (Å²) in [7, 11) is 0. The van der Waals surface area contributed by atoms with Crippen molar-refractivity contribution in [2.45, 2.75) is 50.6 Å². The minimum absolute atomic E-state index is 0.455. The van der Waals surface area contributed by atoms with Gasteiger partial charge in [-0.2, -0.15) is 0 Å². The molecule has 1 fully saturated rings. The van der Waals surface area contributed by atoms with Gasteiger partial charge in [0.25, 0.3) is 0 Å². The highest BCUT2D eigenvalue weighted by atomic mass is 16.4. The van der Waals surface area contributed by atoms with E-state index in [-0.39, 0.29) is 0 Å². The Morgan fingerprint density at radius 3 is 3.00 bits per heavy atom. The van der Waals surface area contributed by atoms with Gasteiger partial charge in [-0.1, -0.05) is 12.8 Å². The van der Waals surface area contributed by atoms with Crippen LogP contribution in [0.25, 0.3) is 0 Å². The van der Waals surface area contributed by atoms with Crippen molar-refractivity contribution in [1.29, 1.82) is 0 Å². The van der Waals surface area contributed by atoms with E-state index in [1.807, 2.05) is 6.20 Å². The summed E-state index contributed by atoms with van der Waals surface area (Å²) in [5.74, 6) is -0.413. The predicted octanol–water partition coefficient (Wildman–Crippen LogP) is 1.22. The lowest BCUT2D eigenvalue weighted by Crippen LogP contribution is -2.45. The molecule has 0 aromatic rings. The Morgan fingerprint density at radius 1 is 1.62 bits per heavy atom. The maximum Gasteiger partial charge on any atom is 0.323 e. The molecule has 3 unspecified atom stereocenters. The van der Waals surface area contributed by atoms with E-state index < -0.39 is 11.5 Å². The Labute approximate surface area is 95.9 Å². The maximum absolute atomic E-state index is 11.0. The van der Waals surface area contributed by atoms with Gasteiger partial charge in [0.2, 0.25) is 0 Å². The lowest BCUT2D eigenvalue weighted by Gasteiger charge is -2.29. The fourth-order valence-electron chi connectivity index (χ4n) is 2.78. The van der Waals surface area contributed by atoms with Crippen LogP contribution in [0.3, 0.4) is 0 Å². The fraction of sp³-hybridized carbons (Fsp3) is 0.750. The van der Waals surface area contributed by atoms with Gasteiger partial charge in [-0.15, -0.1) is 0 Å². The van der Waals surface area contributed by atoms with Crippen molar-refractivity contribution in [2.75, 3.05) is 0 Å². The molecular weight excluding hydrogens is 204 g/mol. The molecule has 2 aliphatic rings. The minimum atomic E-state index is -1.14. The van der Waals surface area contributed by atoms with Crippen LogP contribution in [0, 0.1) is 5.92 Å². The SMILES string of the molecule is CC(N)(CC1=CNC2CCCCC12)C(=O)O. The molecule has 3 atom stereocenters. The molecule has 0 aromatic carbocycles. The van der Waals surface area contributed by atoms with Crippen molar-refractivity contribution in [3.8, 4) is 0 Å². The molecule has 0 saturated heterocycles.